The van der Waals surface area contributed by atoms with Crippen molar-refractivity contribution in [2.24, 2.45) is 0 Å². The lowest BCUT2D eigenvalue weighted by atomic mass is 10.2. The van der Waals surface area contributed by atoms with Crippen molar-refractivity contribution in [3.8, 4) is 5.75 Å². The minimum absolute atomic E-state index is 0.0497. The quantitative estimate of drug-likeness (QED) is 0.815. The number of hydrogen-bond donors (Lipinski definition) is 1. The van der Waals surface area contributed by atoms with Crippen LogP contribution in [0.25, 0.3) is 0 Å². The molecule has 18 heavy (non-hydrogen) atoms. The molecule has 1 aliphatic carbocycles. The van der Waals surface area contributed by atoms with Gasteiger partial charge in [0.2, 0.25) is 0 Å². The number of benzene rings is 1. The zero-order chi connectivity index (χ0) is 12.8. The first-order chi connectivity index (χ1) is 8.78. The number of carbonyl (C=O) groups is 1. The van der Waals surface area contributed by atoms with Gasteiger partial charge in [-0.05, 0) is 37.1 Å². The van der Waals surface area contributed by atoms with E-state index in [1.54, 1.807) is 0 Å². The first-order valence-corrected chi connectivity index (χ1v) is 6.34. The molecule has 4 nitrogen and oxygen atoms in total. The molecular formula is C14H19NO3. The highest BCUT2D eigenvalue weighted by molar-refractivity contribution is 5.70. The van der Waals surface area contributed by atoms with E-state index in [0.717, 1.165) is 5.69 Å². The summed E-state index contributed by atoms with van der Waals surface area (Å²) in [4.78, 5) is 10.9. The van der Waals surface area contributed by atoms with Crippen LogP contribution in [0.3, 0.4) is 0 Å². The lowest BCUT2D eigenvalue weighted by molar-refractivity contribution is -0.142. The summed E-state index contributed by atoms with van der Waals surface area (Å²) >= 11 is 0. The molecule has 0 atom stereocenters. The normalized spacial score (nSPS) is 15.4. The fourth-order valence-corrected chi connectivity index (χ4v) is 2.15. The van der Waals surface area contributed by atoms with Gasteiger partial charge >= 0.3 is 5.97 Å². The fraction of sp³-hybridized carbons (Fsp3) is 0.500. The molecule has 1 N–H and O–H groups in total. The van der Waals surface area contributed by atoms with Crippen molar-refractivity contribution < 1.29 is 14.3 Å². The molecular weight excluding hydrogens is 230 g/mol. The Hall–Kier alpha value is -1.71. The Kier molecular flexibility index (Phi) is 4.45. The molecule has 0 amide bonds. The van der Waals surface area contributed by atoms with Crippen molar-refractivity contribution in [2.45, 2.75) is 31.7 Å². The van der Waals surface area contributed by atoms with Gasteiger partial charge in [-0.2, -0.15) is 0 Å². The Morgan fingerprint density at radius 2 is 1.94 bits per heavy atom. The molecule has 0 aromatic heterocycles. The van der Waals surface area contributed by atoms with E-state index in [1.807, 2.05) is 24.3 Å². The van der Waals surface area contributed by atoms with Crippen LogP contribution in [0.5, 0.6) is 5.75 Å². The van der Waals surface area contributed by atoms with Crippen LogP contribution in [0.1, 0.15) is 25.7 Å². The standard InChI is InChI=1S/C14H19NO3/c1-17-14(16)10-18-13-8-6-12(7-9-13)15-11-4-2-3-5-11/h6-9,11,15H,2-5,10H2,1H3. The predicted molar refractivity (Wildman–Crippen MR) is 69.8 cm³/mol. The summed E-state index contributed by atoms with van der Waals surface area (Å²) in [5, 5.41) is 3.50. The largest absolute Gasteiger partial charge is 0.482 e. The van der Waals surface area contributed by atoms with Gasteiger partial charge in [-0.1, -0.05) is 12.8 Å². The summed E-state index contributed by atoms with van der Waals surface area (Å²) in [6.45, 7) is -0.0497. The Bertz CT molecular complexity index is 383. The second kappa shape index (κ2) is 6.28. The third kappa shape index (κ3) is 3.65. The maximum atomic E-state index is 10.9. The van der Waals surface area contributed by atoms with Crippen molar-refractivity contribution in [1.82, 2.24) is 0 Å². The average Bonchev–Trinajstić information content (AvgIpc) is 2.90. The molecule has 0 spiro atoms. The Morgan fingerprint density at radius 3 is 2.56 bits per heavy atom. The summed E-state index contributed by atoms with van der Waals surface area (Å²) < 4.78 is 9.79. The van der Waals surface area contributed by atoms with E-state index < -0.39 is 0 Å². The van der Waals surface area contributed by atoms with E-state index in [2.05, 4.69) is 10.1 Å². The Labute approximate surface area is 107 Å². The fourth-order valence-electron chi connectivity index (χ4n) is 2.15. The Morgan fingerprint density at radius 1 is 1.28 bits per heavy atom. The minimum atomic E-state index is -0.372. The van der Waals surface area contributed by atoms with Crippen LogP contribution in [0, 0.1) is 0 Å². The highest BCUT2D eigenvalue weighted by atomic mass is 16.6. The van der Waals surface area contributed by atoms with Gasteiger partial charge in [0.05, 0.1) is 7.11 Å². The highest BCUT2D eigenvalue weighted by Gasteiger charge is 2.14. The topological polar surface area (TPSA) is 47.6 Å². The highest BCUT2D eigenvalue weighted by Crippen LogP contribution is 2.23. The maximum Gasteiger partial charge on any atom is 0.343 e. The minimum Gasteiger partial charge on any atom is -0.482 e. The summed E-state index contributed by atoms with van der Waals surface area (Å²) in [5.41, 5.74) is 1.10. The molecule has 2 rings (SSSR count). The van der Waals surface area contributed by atoms with Crippen LogP contribution < -0.4 is 10.1 Å². The second-order valence-corrected chi connectivity index (χ2v) is 4.51. The number of ether oxygens (including phenoxy) is 2. The first kappa shape index (κ1) is 12.7. The van der Waals surface area contributed by atoms with Gasteiger partial charge in [-0.15, -0.1) is 0 Å². The molecule has 0 radical (unpaired) electrons. The number of methoxy groups -OCH3 is 1. The SMILES string of the molecule is COC(=O)COc1ccc(NC2CCCC2)cc1. The van der Waals surface area contributed by atoms with E-state index in [0.29, 0.717) is 11.8 Å². The van der Waals surface area contributed by atoms with Gasteiger partial charge in [0.25, 0.3) is 0 Å². The number of anilines is 1. The maximum absolute atomic E-state index is 10.9. The van der Waals surface area contributed by atoms with Crippen molar-refractivity contribution >= 4 is 11.7 Å². The zero-order valence-electron chi connectivity index (χ0n) is 10.6. The van der Waals surface area contributed by atoms with Crippen molar-refractivity contribution in [2.75, 3.05) is 19.0 Å². The lowest BCUT2D eigenvalue weighted by Crippen LogP contribution is -2.14. The second-order valence-electron chi connectivity index (χ2n) is 4.51. The molecule has 0 unspecified atom stereocenters. The van der Waals surface area contributed by atoms with E-state index in [9.17, 15) is 4.79 Å². The van der Waals surface area contributed by atoms with Crippen molar-refractivity contribution in [3.63, 3.8) is 0 Å². The molecule has 0 saturated heterocycles. The van der Waals surface area contributed by atoms with Crippen molar-refractivity contribution in [1.29, 1.82) is 0 Å². The summed E-state index contributed by atoms with van der Waals surface area (Å²) in [5.74, 6) is 0.306. The number of carbonyl (C=O) groups excluding carboxylic acids is 1. The number of esters is 1. The smallest absolute Gasteiger partial charge is 0.343 e. The molecule has 1 aliphatic rings. The number of rotatable bonds is 5. The number of nitrogens with one attached hydrogen (secondary N) is 1. The summed E-state index contributed by atoms with van der Waals surface area (Å²) in [7, 11) is 1.35. The van der Waals surface area contributed by atoms with Crippen LogP contribution in [-0.4, -0.2) is 25.7 Å². The van der Waals surface area contributed by atoms with Gasteiger partial charge in [0, 0.05) is 11.7 Å². The van der Waals surface area contributed by atoms with Gasteiger partial charge in [-0.3, -0.25) is 0 Å². The average molecular weight is 249 g/mol. The summed E-state index contributed by atoms with van der Waals surface area (Å²) in [6.07, 6.45) is 5.14. The van der Waals surface area contributed by atoms with E-state index >= 15 is 0 Å². The zero-order valence-corrected chi connectivity index (χ0v) is 10.6. The number of hydrogen-bond acceptors (Lipinski definition) is 4. The van der Waals surface area contributed by atoms with Crippen LogP contribution in [0.2, 0.25) is 0 Å². The van der Waals surface area contributed by atoms with Crippen LogP contribution in [-0.2, 0) is 9.53 Å². The van der Waals surface area contributed by atoms with Gasteiger partial charge in [0.15, 0.2) is 6.61 Å². The molecule has 4 heteroatoms. The first-order valence-electron chi connectivity index (χ1n) is 6.34. The molecule has 1 aromatic carbocycles. The molecule has 98 valence electrons. The predicted octanol–water partition coefficient (Wildman–Crippen LogP) is 2.59. The van der Waals surface area contributed by atoms with Gasteiger partial charge in [-0.25, -0.2) is 4.79 Å². The molecule has 0 heterocycles. The van der Waals surface area contributed by atoms with E-state index in [1.165, 1.54) is 32.8 Å². The van der Waals surface area contributed by atoms with E-state index in [4.69, 9.17) is 4.74 Å². The molecule has 1 saturated carbocycles. The van der Waals surface area contributed by atoms with Gasteiger partial charge in [0.1, 0.15) is 5.75 Å². The monoisotopic (exact) mass is 249 g/mol. The third-order valence-electron chi connectivity index (χ3n) is 3.16. The molecule has 1 fully saturated rings. The molecule has 1 aromatic rings. The third-order valence-corrected chi connectivity index (χ3v) is 3.16. The van der Waals surface area contributed by atoms with E-state index in [-0.39, 0.29) is 12.6 Å². The Balaban J connectivity index is 1.82. The molecule has 0 bridgehead atoms. The van der Waals surface area contributed by atoms with Crippen LogP contribution in [0.15, 0.2) is 24.3 Å². The summed E-state index contributed by atoms with van der Waals surface area (Å²) in [6, 6.07) is 8.28. The van der Waals surface area contributed by atoms with Crippen molar-refractivity contribution in [3.05, 3.63) is 24.3 Å². The van der Waals surface area contributed by atoms with Crippen LogP contribution >= 0.6 is 0 Å². The van der Waals surface area contributed by atoms with Gasteiger partial charge < -0.3 is 14.8 Å². The van der Waals surface area contributed by atoms with Crippen LogP contribution in [0.4, 0.5) is 5.69 Å². The lowest BCUT2D eigenvalue weighted by Gasteiger charge is -2.13. The molecule has 0 aliphatic heterocycles.